The molecule has 0 spiro atoms. The van der Waals surface area contributed by atoms with Crippen LogP contribution in [-0.4, -0.2) is 19.7 Å². The second-order valence-electron chi connectivity index (χ2n) is 2.60. The van der Waals surface area contributed by atoms with Crippen LogP contribution in [0, 0.1) is 0 Å². The molecule has 0 fully saturated rings. The van der Waals surface area contributed by atoms with Crippen molar-refractivity contribution in [2.75, 3.05) is 13.7 Å². The van der Waals surface area contributed by atoms with Crippen molar-refractivity contribution in [1.82, 2.24) is 0 Å². The van der Waals surface area contributed by atoms with E-state index in [2.05, 4.69) is 11.3 Å². The van der Waals surface area contributed by atoms with Gasteiger partial charge in [0.2, 0.25) is 0 Å². The number of rotatable bonds is 2. The molecular formula is C9H12O3. The molecule has 0 aromatic rings. The van der Waals surface area contributed by atoms with Gasteiger partial charge in [-0.05, 0) is 6.92 Å². The van der Waals surface area contributed by atoms with E-state index in [-0.39, 0.29) is 5.97 Å². The largest absolute Gasteiger partial charge is 0.498 e. The Morgan fingerprint density at radius 1 is 1.67 bits per heavy atom. The predicted molar refractivity (Wildman–Crippen MR) is 44.4 cm³/mol. The lowest BCUT2D eigenvalue weighted by Crippen LogP contribution is -2.05. The smallest absolute Gasteiger partial charge is 0.337 e. The van der Waals surface area contributed by atoms with Crippen LogP contribution in [0.5, 0.6) is 0 Å². The van der Waals surface area contributed by atoms with Gasteiger partial charge in [0.1, 0.15) is 0 Å². The van der Waals surface area contributed by atoms with Crippen molar-refractivity contribution in [3.63, 3.8) is 0 Å². The van der Waals surface area contributed by atoms with Gasteiger partial charge < -0.3 is 9.47 Å². The van der Waals surface area contributed by atoms with Crippen LogP contribution in [0.15, 0.2) is 23.5 Å². The van der Waals surface area contributed by atoms with E-state index in [9.17, 15) is 4.79 Å². The van der Waals surface area contributed by atoms with Crippen molar-refractivity contribution in [2.24, 2.45) is 0 Å². The number of carbonyl (C=O) groups excluding carboxylic acids is 1. The summed E-state index contributed by atoms with van der Waals surface area (Å²) in [6.45, 7) is 6.11. The van der Waals surface area contributed by atoms with E-state index >= 15 is 0 Å². The molecule has 3 heteroatoms. The number of hydrogen-bond acceptors (Lipinski definition) is 3. The Kier molecular flexibility index (Phi) is 2.53. The minimum atomic E-state index is -0.380. The van der Waals surface area contributed by atoms with Gasteiger partial charge in [-0.2, -0.15) is 0 Å². The number of hydrogen-bond donors (Lipinski definition) is 0. The zero-order valence-electron chi connectivity index (χ0n) is 7.35. The van der Waals surface area contributed by atoms with Crippen LogP contribution in [0.25, 0.3) is 0 Å². The van der Waals surface area contributed by atoms with Crippen LogP contribution < -0.4 is 0 Å². The van der Waals surface area contributed by atoms with Crippen molar-refractivity contribution in [3.8, 4) is 0 Å². The zero-order chi connectivity index (χ0) is 9.14. The van der Waals surface area contributed by atoms with Gasteiger partial charge in [0.05, 0.1) is 25.0 Å². The molecule has 0 aromatic heterocycles. The second kappa shape index (κ2) is 3.43. The molecule has 0 unspecified atom stereocenters. The van der Waals surface area contributed by atoms with Crippen molar-refractivity contribution < 1.29 is 14.3 Å². The summed E-state index contributed by atoms with van der Waals surface area (Å²) >= 11 is 0. The van der Waals surface area contributed by atoms with Crippen molar-refractivity contribution in [2.45, 2.75) is 13.3 Å². The van der Waals surface area contributed by atoms with E-state index < -0.39 is 0 Å². The standard InChI is InChI=1S/C9H12O3/c1-6(9(10)11-3)8-4-5-12-7(8)2/h1,4-5H2,2-3H3. The summed E-state index contributed by atoms with van der Waals surface area (Å²) in [6, 6.07) is 0. The van der Waals surface area contributed by atoms with Crippen LogP contribution >= 0.6 is 0 Å². The minimum Gasteiger partial charge on any atom is -0.498 e. The van der Waals surface area contributed by atoms with Crippen LogP contribution in [-0.2, 0) is 14.3 Å². The van der Waals surface area contributed by atoms with Crippen LogP contribution in [0.2, 0.25) is 0 Å². The number of carbonyl (C=O) groups is 1. The molecule has 0 bridgehead atoms. The zero-order valence-corrected chi connectivity index (χ0v) is 7.35. The quantitative estimate of drug-likeness (QED) is 0.462. The van der Waals surface area contributed by atoms with Crippen molar-refractivity contribution >= 4 is 5.97 Å². The molecule has 66 valence electrons. The van der Waals surface area contributed by atoms with Gasteiger partial charge in [-0.1, -0.05) is 6.58 Å². The second-order valence-corrected chi connectivity index (χ2v) is 2.60. The molecule has 1 aliphatic heterocycles. The first-order valence-corrected chi connectivity index (χ1v) is 3.77. The van der Waals surface area contributed by atoms with Gasteiger partial charge in [0, 0.05) is 12.0 Å². The monoisotopic (exact) mass is 168 g/mol. The first-order valence-electron chi connectivity index (χ1n) is 3.77. The van der Waals surface area contributed by atoms with Crippen LogP contribution in [0.4, 0.5) is 0 Å². The van der Waals surface area contributed by atoms with Gasteiger partial charge in [-0.15, -0.1) is 0 Å². The Hall–Kier alpha value is -1.25. The Balaban J connectivity index is 2.77. The van der Waals surface area contributed by atoms with Gasteiger partial charge >= 0.3 is 5.97 Å². The summed E-state index contributed by atoms with van der Waals surface area (Å²) in [7, 11) is 1.35. The molecule has 0 aliphatic carbocycles. The lowest BCUT2D eigenvalue weighted by atomic mass is 10.1. The molecule has 1 heterocycles. The molecule has 0 aromatic carbocycles. The Morgan fingerprint density at radius 2 is 2.33 bits per heavy atom. The first kappa shape index (κ1) is 8.84. The molecule has 12 heavy (non-hydrogen) atoms. The van der Waals surface area contributed by atoms with E-state index in [0.29, 0.717) is 12.2 Å². The molecule has 0 atom stereocenters. The number of ether oxygens (including phenoxy) is 2. The summed E-state index contributed by atoms with van der Waals surface area (Å²) in [5.74, 6) is 0.403. The topological polar surface area (TPSA) is 35.5 Å². The highest BCUT2D eigenvalue weighted by Crippen LogP contribution is 2.24. The van der Waals surface area contributed by atoms with E-state index in [1.807, 2.05) is 6.92 Å². The van der Waals surface area contributed by atoms with Gasteiger partial charge in [-0.3, -0.25) is 0 Å². The van der Waals surface area contributed by atoms with Gasteiger partial charge in [0.15, 0.2) is 0 Å². The third-order valence-corrected chi connectivity index (χ3v) is 1.89. The fraction of sp³-hybridized carbons (Fsp3) is 0.444. The average molecular weight is 168 g/mol. The molecule has 0 radical (unpaired) electrons. The maximum Gasteiger partial charge on any atom is 0.337 e. The number of methoxy groups -OCH3 is 1. The molecule has 1 aliphatic rings. The number of allylic oxidation sites excluding steroid dienone is 1. The highest BCUT2D eigenvalue weighted by molar-refractivity contribution is 5.92. The summed E-state index contributed by atoms with van der Waals surface area (Å²) < 4.78 is 9.74. The van der Waals surface area contributed by atoms with E-state index in [1.165, 1.54) is 7.11 Å². The fourth-order valence-electron chi connectivity index (χ4n) is 1.18. The Labute approximate surface area is 71.7 Å². The SMILES string of the molecule is C=C(C(=O)OC)C1=C(C)OCC1. The normalized spacial score (nSPS) is 15.8. The molecule has 0 saturated carbocycles. The minimum absolute atomic E-state index is 0.380. The average Bonchev–Trinajstić information content (AvgIpc) is 2.48. The molecular weight excluding hydrogens is 156 g/mol. The van der Waals surface area contributed by atoms with Gasteiger partial charge in [-0.25, -0.2) is 4.79 Å². The summed E-state index contributed by atoms with van der Waals surface area (Å²) in [5.41, 5.74) is 1.29. The predicted octanol–water partition coefficient (Wildman–Crippen LogP) is 1.41. The molecule has 1 rings (SSSR count). The third-order valence-electron chi connectivity index (χ3n) is 1.89. The lowest BCUT2D eigenvalue weighted by molar-refractivity contribution is -0.135. The first-order chi connectivity index (χ1) is 5.66. The molecule has 0 N–H and O–H groups in total. The Morgan fingerprint density at radius 3 is 2.75 bits per heavy atom. The van der Waals surface area contributed by atoms with Crippen LogP contribution in [0.3, 0.4) is 0 Å². The Bertz CT molecular complexity index is 250. The van der Waals surface area contributed by atoms with Crippen molar-refractivity contribution in [3.05, 3.63) is 23.5 Å². The maximum atomic E-state index is 11.0. The summed E-state index contributed by atoms with van der Waals surface area (Å²) in [6.07, 6.45) is 0.750. The number of esters is 1. The lowest BCUT2D eigenvalue weighted by Gasteiger charge is -2.03. The highest BCUT2D eigenvalue weighted by Gasteiger charge is 2.19. The van der Waals surface area contributed by atoms with E-state index in [4.69, 9.17) is 4.74 Å². The van der Waals surface area contributed by atoms with Gasteiger partial charge in [0.25, 0.3) is 0 Å². The summed E-state index contributed by atoms with van der Waals surface area (Å²) in [5, 5.41) is 0. The van der Waals surface area contributed by atoms with E-state index in [1.54, 1.807) is 0 Å². The fourth-order valence-corrected chi connectivity index (χ4v) is 1.18. The van der Waals surface area contributed by atoms with Crippen LogP contribution in [0.1, 0.15) is 13.3 Å². The maximum absolute atomic E-state index is 11.0. The molecule has 3 nitrogen and oxygen atoms in total. The summed E-state index contributed by atoms with van der Waals surface area (Å²) in [4.78, 5) is 11.0. The third kappa shape index (κ3) is 1.49. The molecule has 0 saturated heterocycles. The highest BCUT2D eigenvalue weighted by atomic mass is 16.5. The molecule has 0 amide bonds. The van der Waals surface area contributed by atoms with Crippen molar-refractivity contribution in [1.29, 1.82) is 0 Å². The van der Waals surface area contributed by atoms with E-state index in [0.717, 1.165) is 17.8 Å².